The molecule has 8 heteroatoms. The van der Waals surface area contributed by atoms with E-state index in [1.54, 1.807) is 10.8 Å². The normalized spacial score (nSPS) is 24.6. The van der Waals surface area contributed by atoms with E-state index in [1.165, 1.54) is 6.42 Å². The van der Waals surface area contributed by atoms with Gasteiger partial charge >= 0.3 is 0 Å². The molecule has 0 saturated carbocycles. The molecule has 2 aliphatic rings. The highest BCUT2D eigenvalue weighted by Gasteiger charge is 2.28. The Balaban J connectivity index is 1.36. The average Bonchev–Trinajstić information content (AvgIpc) is 3.09. The summed E-state index contributed by atoms with van der Waals surface area (Å²) in [6.45, 7) is 12.3. The summed E-state index contributed by atoms with van der Waals surface area (Å²) in [5, 5.41) is 4.30. The van der Waals surface area contributed by atoms with E-state index in [2.05, 4.69) is 49.7 Å². The van der Waals surface area contributed by atoms with Crippen molar-refractivity contribution in [2.75, 3.05) is 50.7 Å². The maximum Gasteiger partial charge on any atom is 0.254 e. The molecule has 27 heavy (non-hydrogen) atoms. The third-order valence-corrected chi connectivity index (χ3v) is 5.64. The Bertz CT molecular complexity index is 801. The van der Waals surface area contributed by atoms with Crippen LogP contribution in [-0.4, -0.2) is 81.1 Å². The van der Waals surface area contributed by atoms with Crippen molar-refractivity contribution in [3.8, 4) is 0 Å². The van der Waals surface area contributed by atoms with Crippen LogP contribution in [0.25, 0.3) is 5.78 Å². The summed E-state index contributed by atoms with van der Waals surface area (Å²) in [4.78, 5) is 28.0. The number of carbonyl (C=O) groups excluding carboxylic acids is 1. The van der Waals surface area contributed by atoms with Crippen LogP contribution in [-0.2, 0) is 4.79 Å². The van der Waals surface area contributed by atoms with E-state index in [1.807, 2.05) is 6.92 Å². The molecule has 4 heterocycles. The third kappa shape index (κ3) is 3.90. The van der Waals surface area contributed by atoms with Gasteiger partial charge in [0.15, 0.2) is 0 Å². The van der Waals surface area contributed by atoms with Gasteiger partial charge in [0.1, 0.15) is 12.1 Å². The van der Waals surface area contributed by atoms with Gasteiger partial charge in [0.25, 0.3) is 5.78 Å². The Labute approximate surface area is 160 Å². The zero-order valence-electron chi connectivity index (χ0n) is 16.5. The Hall–Kier alpha value is -2.22. The molecule has 2 aromatic rings. The van der Waals surface area contributed by atoms with Gasteiger partial charge in [-0.1, -0.05) is 13.8 Å². The van der Waals surface area contributed by atoms with Crippen LogP contribution >= 0.6 is 0 Å². The van der Waals surface area contributed by atoms with E-state index < -0.39 is 0 Å². The van der Waals surface area contributed by atoms with E-state index in [-0.39, 0.29) is 5.91 Å². The smallest absolute Gasteiger partial charge is 0.254 e. The Kier molecular flexibility index (Phi) is 4.99. The maximum atomic E-state index is 12.7. The van der Waals surface area contributed by atoms with Crippen LogP contribution in [0.5, 0.6) is 0 Å². The highest BCUT2D eigenvalue weighted by Crippen LogP contribution is 2.22. The number of piperazine rings is 1. The molecule has 2 saturated heterocycles. The second-order valence-corrected chi connectivity index (χ2v) is 8.24. The highest BCUT2D eigenvalue weighted by atomic mass is 16.2. The lowest BCUT2D eigenvalue weighted by Crippen LogP contribution is -2.52. The van der Waals surface area contributed by atoms with Crippen molar-refractivity contribution in [1.29, 1.82) is 0 Å². The van der Waals surface area contributed by atoms with Gasteiger partial charge < -0.3 is 9.80 Å². The molecule has 2 atom stereocenters. The van der Waals surface area contributed by atoms with E-state index in [9.17, 15) is 4.79 Å². The highest BCUT2D eigenvalue weighted by molar-refractivity contribution is 5.78. The summed E-state index contributed by atoms with van der Waals surface area (Å²) in [7, 11) is 0. The fraction of sp³-hybridized carbons (Fsp3) is 0.684. The molecule has 2 fully saturated rings. The van der Waals surface area contributed by atoms with Crippen molar-refractivity contribution in [3.63, 3.8) is 0 Å². The third-order valence-electron chi connectivity index (χ3n) is 5.64. The molecule has 0 bridgehead atoms. The molecular formula is C19H29N7O. The molecule has 1 amide bonds. The number of likely N-dealkylation sites (tertiary alicyclic amines) is 1. The maximum absolute atomic E-state index is 12.7. The van der Waals surface area contributed by atoms with Gasteiger partial charge in [-0.2, -0.15) is 14.6 Å². The first-order valence-corrected chi connectivity index (χ1v) is 9.92. The molecule has 0 aromatic carbocycles. The van der Waals surface area contributed by atoms with E-state index in [0.717, 1.165) is 50.8 Å². The molecule has 146 valence electrons. The zero-order chi connectivity index (χ0) is 19.0. The van der Waals surface area contributed by atoms with Gasteiger partial charge in [0.2, 0.25) is 5.91 Å². The second kappa shape index (κ2) is 7.42. The molecule has 0 aliphatic carbocycles. The summed E-state index contributed by atoms with van der Waals surface area (Å²) in [6.07, 6.45) is 2.77. The fourth-order valence-electron chi connectivity index (χ4n) is 4.43. The van der Waals surface area contributed by atoms with Gasteiger partial charge in [-0.05, 0) is 25.2 Å². The first-order chi connectivity index (χ1) is 13.0. The van der Waals surface area contributed by atoms with Gasteiger partial charge in [-0.3, -0.25) is 9.69 Å². The number of hydrogen-bond acceptors (Lipinski definition) is 6. The lowest BCUT2D eigenvalue weighted by atomic mass is 9.92. The van der Waals surface area contributed by atoms with Crippen molar-refractivity contribution >= 4 is 17.5 Å². The molecule has 8 nitrogen and oxygen atoms in total. The number of piperidine rings is 1. The number of nitrogens with zero attached hydrogens (tertiary/aromatic N) is 7. The summed E-state index contributed by atoms with van der Waals surface area (Å²) in [5.74, 6) is 3.15. The SMILES string of the molecule is Cc1cc(N2CCN(CC(=O)N3CC(C)CC(C)C3)CC2)n2ncnc2n1. The minimum Gasteiger partial charge on any atom is -0.354 e. The molecule has 0 radical (unpaired) electrons. The standard InChI is InChI=1S/C19H29N7O/c1-14-8-15(2)11-25(10-14)18(27)12-23-4-6-24(7-5-23)17-9-16(3)22-19-20-13-21-26(17)19/h9,13-15H,4-8,10-12H2,1-3H3. The van der Waals surface area contributed by atoms with E-state index in [4.69, 9.17) is 0 Å². The predicted octanol–water partition coefficient (Wildman–Crippen LogP) is 1.06. The van der Waals surface area contributed by atoms with Gasteiger partial charge in [0, 0.05) is 51.0 Å². The molecule has 2 aromatic heterocycles. The van der Waals surface area contributed by atoms with Gasteiger partial charge in [-0.15, -0.1) is 0 Å². The minimum absolute atomic E-state index is 0.278. The Morgan fingerprint density at radius 3 is 2.56 bits per heavy atom. The fourth-order valence-corrected chi connectivity index (χ4v) is 4.43. The minimum atomic E-state index is 0.278. The van der Waals surface area contributed by atoms with Gasteiger partial charge in [-0.25, -0.2) is 4.98 Å². The quantitative estimate of drug-likeness (QED) is 0.804. The number of aryl methyl sites for hydroxylation is 1. The van der Waals surface area contributed by atoms with Crippen LogP contribution in [0.4, 0.5) is 5.82 Å². The molecule has 2 aliphatic heterocycles. The van der Waals surface area contributed by atoms with Crippen molar-refractivity contribution in [2.24, 2.45) is 11.8 Å². The predicted molar refractivity (Wildman–Crippen MR) is 104 cm³/mol. The van der Waals surface area contributed by atoms with Crippen LogP contribution < -0.4 is 4.90 Å². The number of fused-ring (bicyclic) bond motifs is 1. The number of rotatable bonds is 3. The Morgan fingerprint density at radius 1 is 1.15 bits per heavy atom. The van der Waals surface area contributed by atoms with Crippen molar-refractivity contribution in [2.45, 2.75) is 27.2 Å². The van der Waals surface area contributed by atoms with Crippen LogP contribution in [0.3, 0.4) is 0 Å². The average molecular weight is 371 g/mol. The monoisotopic (exact) mass is 371 g/mol. The number of carbonyl (C=O) groups is 1. The summed E-state index contributed by atoms with van der Waals surface area (Å²) in [5.41, 5.74) is 0.941. The van der Waals surface area contributed by atoms with Crippen LogP contribution in [0.15, 0.2) is 12.4 Å². The van der Waals surface area contributed by atoms with E-state index >= 15 is 0 Å². The number of aromatic nitrogens is 4. The zero-order valence-corrected chi connectivity index (χ0v) is 16.5. The Morgan fingerprint density at radius 2 is 1.85 bits per heavy atom. The summed E-state index contributed by atoms with van der Waals surface area (Å²) in [6, 6.07) is 2.05. The topological polar surface area (TPSA) is 69.9 Å². The summed E-state index contributed by atoms with van der Waals surface area (Å²) >= 11 is 0. The lowest BCUT2D eigenvalue weighted by Gasteiger charge is -2.39. The van der Waals surface area contributed by atoms with Crippen molar-refractivity contribution in [3.05, 3.63) is 18.1 Å². The number of amides is 1. The number of anilines is 1. The van der Waals surface area contributed by atoms with Crippen LogP contribution in [0.2, 0.25) is 0 Å². The first-order valence-electron chi connectivity index (χ1n) is 9.92. The lowest BCUT2D eigenvalue weighted by molar-refractivity contribution is -0.135. The van der Waals surface area contributed by atoms with Crippen LogP contribution in [0.1, 0.15) is 26.0 Å². The molecule has 0 spiro atoms. The second-order valence-electron chi connectivity index (χ2n) is 8.24. The molecule has 4 rings (SSSR count). The molecular weight excluding hydrogens is 342 g/mol. The van der Waals surface area contributed by atoms with E-state index in [0.29, 0.717) is 24.2 Å². The van der Waals surface area contributed by atoms with Crippen LogP contribution in [0, 0.1) is 18.8 Å². The van der Waals surface area contributed by atoms with Gasteiger partial charge in [0.05, 0.1) is 6.54 Å². The molecule has 2 unspecified atom stereocenters. The van der Waals surface area contributed by atoms with Crippen molar-refractivity contribution < 1.29 is 4.79 Å². The molecule has 0 N–H and O–H groups in total. The van der Waals surface area contributed by atoms with Crippen molar-refractivity contribution in [1.82, 2.24) is 29.4 Å². The summed E-state index contributed by atoms with van der Waals surface area (Å²) < 4.78 is 1.80. The number of hydrogen-bond donors (Lipinski definition) is 0. The first kappa shape index (κ1) is 18.2. The largest absolute Gasteiger partial charge is 0.354 e.